The van der Waals surface area contributed by atoms with Crippen molar-refractivity contribution in [1.82, 2.24) is 4.98 Å². The topological polar surface area (TPSA) is 80.3 Å². The first-order valence-electron chi connectivity index (χ1n) is 6.93. The molecule has 0 aliphatic heterocycles. The molecule has 0 radical (unpaired) electrons. The molecule has 2 aromatic rings. The summed E-state index contributed by atoms with van der Waals surface area (Å²) in [6.07, 6.45) is 4.81. The van der Waals surface area contributed by atoms with Gasteiger partial charge in [0.05, 0.1) is 23.9 Å². The van der Waals surface area contributed by atoms with Crippen molar-refractivity contribution in [2.75, 3.05) is 24.3 Å². The maximum atomic E-state index is 12.3. The second-order valence-corrected chi connectivity index (χ2v) is 4.66. The second kappa shape index (κ2) is 7.74. The van der Waals surface area contributed by atoms with E-state index in [1.807, 2.05) is 0 Å². The molecule has 0 unspecified atom stereocenters. The summed E-state index contributed by atoms with van der Waals surface area (Å²) in [7, 11) is 1.31. The van der Waals surface area contributed by atoms with E-state index in [-0.39, 0.29) is 5.91 Å². The van der Waals surface area contributed by atoms with E-state index >= 15 is 0 Å². The fraction of sp³-hybridized carbons (Fsp3) is 0.118. The summed E-state index contributed by atoms with van der Waals surface area (Å²) in [4.78, 5) is 27.8. The molecule has 0 saturated heterocycles. The van der Waals surface area contributed by atoms with Gasteiger partial charge in [0.15, 0.2) is 0 Å². The Morgan fingerprint density at radius 1 is 1.22 bits per heavy atom. The number of nitrogens with one attached hydrogen (secondary N) is 2. The van der Waals surface area contributed by atoms with Crippen LogP contribution in [0.1, 0.15) is 20.7 Å². The van der Waals surface area contributed by atoms with Crippen LogP contribution >= 0.6 is 0 Å². The normalized spacial score (nSPS) is 9.78. The van der Waals surface area contributed by atoms with Crippen LogP contribution in [0.15, 0.2) is 55.4 Å². The molecule has 23 heavy (non-hydrogen) atoms. The lowest BCUT2D eigenvalue weighted by molar-refractivity contribution is 0.0600. The summed E-state index contributed by atoms with van der Waals surface area (Å²) in [5.41, 5.74) is 2.00. The summed E-state index contributed by atoms with van der Waals surface area (Å²) in [5, 5.41) is 5.79. The van der Waals surface area contributed by atoms with E-state index in [1.54, 1.807) is 42.6 Å². The fourth-order valence-corrected chi connectivity index (χ4v) is 1.90. The Hall–Kier alpha value is -3.15. The van der Waals surface area contributed by atoms with Gasteiger partial charge in [-0.05, 0) is 24.3 Å². The average Bonchev–Trinajstić information content (AvgIpc) is 2.59. The summed E-state index contributed by atoms with van der Waals surface area (Å²) in [5.74, 6) is -0.778. The van der Waals surface area contributed by atoms with Crippen LogP contribution in [0.5, 0.6) is 0 Å². The fourth-order valence-electron chi connectivity index (χ4n) is 1.90. The largest absolute Gasteiger partial charge is 0.465 e. The average molecular weight is 311 g/mol. The van der Waals surface area contributed by atoms with E-state index in [1.165, 1.54) is 13.3 Å². The molecule has 0 saturated carbocycles. The minimum atomic E-state index is -0.460. The number of pyridine rings is 1. The first-order chi connectivity index (χ1) is 11.1. The number of methoxy groups -OCH3 is 1. The molecule has 2 N–H and O–H groups in total. The van der Waals surface area contributed by atoms with Crippen molar-refractivity contribution in [3.05, 3.63) is 66.5 Å². The van der Waals surface area contributed by atoms with E-state index < -0.39 is 5.97 Å². The number of rotatable bonds is 6. The Bertz CT molecular complexity index is 729. The summed E-state index contributed by atoms with van der Waals surface area (Å²) < 4.78 is 4.66. The number of anilines is 2. The third-order valence-corrected chi connectivity index (χ3v) is 2.99. The highest BCUT2D eigenvalue weighted by Gasteiger charge is 2.10. The Morgan fingerprint density at radius 3 is 2.74 bits per heavy atom. The van der Waals surface area contributed by atoms with E-state index in [0.717, 1.165) is 5.69 Å². The van der Waals surface area contributed by atoms with Gasteiger partial charge in [-0.1, -0.05) is 12.1 Å². The van der Waals surface area contributed by atoms with E-state index in [9.17, 15) is 9.59 Å². The lowest BCUT2D eigenvalue weighted by atomic mass is 10.2. The zero-order chi connectivity index (χ0) is 16.7. The Morgan fingerprint density at radius 2 is 2.00 bits per heavy atom. The molecule has 0 bridgehead atoms. The van der Waals surface area contributed by atoms with Crippen LogP contribution in [0.2, 0.25) is 0 Å². The molecular weight excluding hydrogens is 294 g/mol. The van der Waals surface area contributed by atoms with Crippen molar-refractivity contribution in [3.8, 4) is 0 Å². The van der Waals surface area contributed by atoms with Crippen molar-refractivity contribution in [3.63, 3.8) is 0 Å². The number of ether oxygens (including phenoxy) is 1. The molecular formula is C17H17N3O3. The number of carbonyl (C=O) groups excluding carboxylic acids is 2. The molecule has 1 amide bonds. The van der Waals surface area contributed by atoms with Gasteiger partial charge in [-0.25, -0.2) is 4.79 Å². The van der Waals surface area contributed by atoms with Gasteiger partial charge in [-0.3, -0.25) is 9.78 Å². The molecule has 1 aromatic heterocycles. The maximum absolute atomic E-state index is 12.3. The quantitative estimate of drug-likeness (QED) is 0.633. The van der Waals surface area contributed by atoms with Crippen LogP contribution in [0.3, 0.4) is 0 Å². The Balaban J connectivity index is 2.12. The molecule has 0 fully saturated rings. The van der Waals surface area contributed by atoms with Crippen LogP contribution in [0.25, 0.3) is 0 Å². The van der Waals surface area contributed by atoms with Gasteiger partial charge in [0.25, 0.3) is 5.91 Å². The van der Waals surface area contributed by atoms with Gasteiger partial charge in [-0.2, -0.15) is 0 Å². The molecule has 1 aromatic carbocycles. The van der Waals surface area contributed by atoms with Gasteiger partial charge < -0.3 is 15.4 Å². The second-order valence-electron chi connectivity index (χ2n) is 4.66. The highest BCUT2D eigenvalue weighted by molar-refractivity contribution is 6.05. The molecule has 0 aliphatic carbocycles. The van der Waals surface area contributed by atoms with Crippen molar-refractivity contribution >= 4 is 23.3 Å². The predicted molar refractivity (Wildman–Crippen MR) is 88.7 cm³/mol. The van der Waals surface area contributed by atoms with Crippen LogP contribution in [-0.2, 0) is 4.74 Å². The summed E-state index contributed by atoms with van der Waals surface area (Å²) in [6, 6.07) is 8.22. The minimum absolute atomic E-state index is 0.318. The zero-order valence-corrected chi connectivity index (χ0v) is 12.7. The number of hydrogen-bond acceptors (Lipinski definition) is 5. The van der Waals surface area contributed by atoms with E-state index in [0.29, 0.717) is 23.4 Å². The number of esters is 1. The number of carbonyl (C=O) groups is 2. The van der Waals surface area contributed by atoms with Gasteiger partial charge in [0.1, 0.15) is 0 Å². The highest BCUT2D eigenvalue weighted by atomic mass is 16.5. The SMILES string of the molecule is C=CCNc1cncc(C(=O)Nc2cccc(C(=O)OC)c2)c1. The maximum Gasteiger partial charge on any atom is 0.337 e. The first-order valence-corrected chi connectivity index (χ1v) is 6.93. The van der Waals surface area contributed by atoms with Crippen LogP contribution in [0.4, 0.5) is 11.4 Å². The van der Waals surface area contributed by atoms with Crippen molar-refractivity contribution in [2.45, 2.75) is 0 Å². The smallest absolute Gasteiger partial charge is 0.337 e. The third kappa shape index (κ3) is 4.41. The highest BCUT2D eigenvalue weighted by Crippen LogP contribution is 2.14. The summed E-state index contributed by atoms with van der Waals surface area (Å²) >= 11 is 0. The standard InChI is InChI=1S/C17H17N3O3/c1-3-7-19-15-9-13(10-18-11-15)16(21)20-14-6-4-5-12(8-14)17(22)23-2/h3-6,8-11,19H,1,7H2,2H3,(H,20,21). The Kier molecular flexibility index (Phi) is 5.46. The van der Waals surface area contributed by atoms with Crippen LogP contribution in [0, 0.1) is 0 Å². The number of benzene rings is 1. The van der Waals surface area contributed by atoms with Crippen molar-refractivity contribution in [1.29, 1.82) is 0 Å². The lowest BCUT2D eigenvalue weighted by Gasteiger charge is -2.08. The monoisotopic (exact) mass is 311 g/mol. The summed E-state index contributed by atoms with van der Waals surface area (Å²) in [6.45, 7) is 4.20. The molecule has 0 spiro atoms. The molecule has 6 heteroatoms. The molecule has 1 heterocycles. The number of nitrogens with zero attached hydrogens (tertiary/aromatic N) is 1. The first kappa shape index (κ1) is 16.2. The van der Waals surface area contributed by atoms with E-state index in [2.05, 4.69) is 26.9 Å². The molecule has 6 nitrogen and oxygen atoms in total. The van der Waals surface area contributed by atoms with Gasteiger partial charge in [0, 0.05) is 24.6 Å². The van der Waals surface area contributed by atoms with Gasteiger partial charge in [0.2, 0.25) is 0 Å². The van der Waals surface area contributed by atoms with Crippen LogP contribution in [-0.4, -0.2) is 30.5 Å². The third-order valence-electron chi connectivity index (χ3n) is 2.99. The van der Waals surface area contributed by atoms with Gasteiger partial charge in [-0.15, -0.1) is 6.58 Å². The number of aromatic nitrogens is 1. The predicted octanol–water partition coefficient (Wildman–Crippen LogP) is 2.72. The zero-order valence-electron chi connectivity index (χ0n) is 12.7. The minimum Gasteiger partial charge on any atom is -0.465 e. The molecule has 118 valence electrons. The lowest BCUT2D eigenvalue weighted by Crippen LogP contribution is -2.13. The molecule has 0 aliphatic rings. The van der Waals surface area contributed by atoms with E-state index in [4.69, 9.17) is 0 Å². The van der Waals surface area contributed by atoms with Crippen LogP contribution < -0.4 is 10.6 Å². The van der Waals surface area contributed by atoms with Crippen molar-refractivity contribution < 1.29 is 14.3 Å². The molecule has 2 rings (SSSR count). The number of amides is 1. The number of hydrogen-bond donors (Lipinski definition) is 2. The van der Waals surface area contributed by atoms with Gasteiger partial charge >= 0.3 is 5.97 Å². The molecule has 0 atom stereocenters. The Labute approximate surface area is 134 Å². The van der Waals surface area contributed by atoms with Crippen molar-refractivity contribution in [2.24, 2.45) is 0 Å².